The highest BCUT2D eigenvalue weighted by Crippen LogP contribution is 2.32. The fourth-order valence-corrected chi connectivity index (χ4v) is 5.53. The number of benzene rings is 3. The summed E-state index contributed by atoms with van der Waals surface area (Å²) >= 11 is 0. The second kappa shape index (κ2) is 8.76. The monoisotopic (exact) mass is 446 g/mol. The second-order valence-electron chi connectivity index (χ2n) is 6.29. The number of ether oxygens (including phenoxy) is 1. The van der Waals surface area contributed by atoms with Gasteiger partial charge in [-0.25, -0.2) is 16.8 Å². The predicted molar refractivity (Wildman–Crippen MR) is 117 cm³/mol. The second-order valence-corrected chi connectivity index (χ2v) is 9.83. The summed E-state index contributed by atoms with van der Waals surface area (Å²) in [6, 6.07) is 20.6. The standard InChI is InChI=1S/C21H22N2O5S2/c1-3-23(17-10-6-4-7-11-17)30(26,27)19-14-15-21(28-2)20(16-19)22-29(24,25)18-12-8-5-9-13-18/h4-16,22H,3H2,1-2H3. The summed E-state index contributed by atoms with van der Waals surface area (Å²) in [6.45, 7) is 1.94. The van der Waals surface area contributed by atoms with Crippen LogP contribution in [0, 0.1) is 0 Å². The first-order valence-corrected chi connectivity index (χ1v) is 12.1. The van der Waals surface area contributed by atoms with Gasteiger partial charge in [-0.15, -0.1) is 0 Å². The maximum atomic E-state index is 13.3. The minimum absolute atomic E-state index is 0.0338. The van der Waals surface area contributed by atoms with E-state index in [-0.39, 0.29) is 27.8 Å². The summed E-state index contributed by atoms with van der Waals surface area (Å²) < 4.78 is 60.9. The van der Waals surface area contributed by atoms with E-state index in [0.29, 0.717) is 5.69 Å². The van der Waals surface area contributed by atoms with E-state index in [0.717, 1.165) is 0 Å². The highest BCUT2D eigenvalue weighted by molar-refractivity contribution is 7.93. The Labute approximate surface area is 177 Å². The largest absolute Gasteiger partial charge is 0.495 e. The number of anilines is 2. The molecule has 0 amide bonds. The molecule has 0 saturated carbocycles. The number of methoxy groups -OCH3 is 1. The maximum absolute atomic E-state index is 13.3. The Hall–Kier alpha value is -3.04. The van der Waals surface area contributed by atoms with Gasteiger partial charge < -0.3 is 4.74 Å². The lowest BCUT2D eigenvalue weighted by molar-refractivity contribution is 0.416. The molecule has 3 rings (SSSR count). The highest BCUT2D eigenvalue weighted by Gasteiger charge is 2.26. The highest BCUT2D eigenvalue weighted by atomic mass is 32.2. The molecule has 158 valence electrons. The molecule has 0 spiro atoms. The third-order valence-electron chi connectivity index (χ3n) is 4.39. The first-order chi connectivity index (χ1) is 14.3. The summed E-state index contributed by atoms with van der Waals surface area (Å²) in [6.07, 6.45) is 0. The van der Waals surface area contributed by atoms with Crippen molar-refractivity contribution in [3.8, 4) is 5.75 Å². The van der Waals surface area contributed by atoms with Gasteiger partial charge in [0.05, 0.1) is 28.3 Å². The number of hydrogen-bond acceptors (Lipinski definition) is 5. The molecule has 9 heteroatoms. The predicted octanol–water partition coefficient (Wildman–Crippen LogP) is 3.71. The van der Waals surface area contributed by atoms with E-state index in [1.165, 1.54) is 41.7 Å². The Kier molecular flexibility index (Phi) is 6.33. The third kappa shape index (κ3) is 4.42. The zero-order chi connectivity index (χ0) is 21.8. The number of hydrogen-bond donors (Lipinski definition) is 1. The van der Waals surface area contributed by atoms with Crippen LogP contribution in [0.3, 0.4) is 0 Å². The molecule has 7 nitrogen and oxygen atoms in total. The third-order valence-corrected chi connectivity index (χ3v) is 7.67. The lowest BCUT2D eigenvalue weighted by Crippen LogP contribution is -2.30. The average Bonchev–Trinajstić information content (AvgIpc) is 2.75. The SMILES string of the molecule is CCN(c1ccccc1)S(=O)(=O)c1ccc(OC)c(NS(=O)(=O)c2ccccc2)c1. The van der Waals surface area contributed by atoms with Gasteiger partial charge in [0.1, 0.15) is 5.75 Å². The molecule has 3 aromatic rings. The topological polar surface area (TPSA) is 92.8 Å². The van der Waals surface area contributed by atoms with Crippen LogP contribution < -0.4 is 13.8 Å². The molecule has 0 aliphatic carbocycles. The van der Waals surface area contributed by atoms with Crippen molar-refractivity contribution in [2.75, 3.05) is 22.7 Å². The Morgan fingerprint density at radius 3 is 2.00 bits per heavy atom. The fourth-order valence-electron chi connectivity index (χ4n) is 2.94. The number of rotatable bonds is 8. The normalized spacial score (nSPS) is 11.7. The quantitative estimate of drug-likeness (QED) is 0.569. The fraction of sp³-hybridized carbons (Fsp3) is 0.143. The lowest BCUT2D eigenvalue weighted by Gasteiger charge is -2.23. The summed E-state index contributed by atoms with van der Waals surface area (Å²) in [5.74, 6) is 0.205. The van der Waals surface area contributed by atoms with E-state index in [2.05, 4.69) is 4.72 Å². The Bertz CT molecular complexity index is 1210. The van der Waals surface area contributed by atoms with Crippen molar-refractivity contribution in [2.24, 2.45) is 0 Å². The molecule has 0 fully saturated rings. The van der Waals surface area contributed by atoms with Crippen LogP contribution in [0.2, 0.25) is 0 Å². The lowest BCUT2D eigenvalue weighted by atomic mass is 10.3. The molecule has 0 saturated heterocycles. The Morgan fingerprint density at radius 2 is 1.43 bits per heavy atom. The maximum Gasteiger partial charge on any atom is 0.264 e. The van der Waals surface area contributed by atoms with E-state index in [9.17, 15) is 16.8 Å². The van der Waals surface area contributed by atoms with Crippen LogP contribution in [0.5, 0.6) is 5.75 Å². The van der Waals surface area contributed by atoms with Gasteiger partial charge in [-0.2, -0.15) is 0 Å². The van der Waals surface area contributed by atoms with Gasteiger partial charge in [-0.3, -0.25) is 9.03 Å². The molecular weight excluding hydrogens is 424 g/mol. The number of para-hydroxylation sites is 1. The zero-order valence-electron chi connectivity index (χ0n) is 16.5. The van der Waals surface area contributed by atoms with Crippen molar-refractivity contribution in [1.82, 2.24) is 0 Å². The van der Waals surface area contributed by atoms with Gasteiger partial charge in [-0.05, 0) is 49.4 Å². The minimum Gasteiger partial charge on any atom is -0.495 e. The van der Waals surface area contributed by atoms with E-state index < -0.39 is 20.0 Å². The first kappa shape index (κ1) is 21.7. The molecule has 0 bridgehead atoms. The van der Waals surface area contributed by atoms with E-state index in [1.807, 2.05) is 0 Å². The summed E-state index contributed by atoms with van der Waals surface area (Å²) in [4.78, 5) is -0.000418. The molecule has 0 aliphatic rings. The molecule has 3 aromatic carbocycles. The van der Waals surface area contributed by atoms with E-state index >= 15 is 0 Å². The molecular formula is C21H22N2O5S2. The van der Waals surface area contributed by atoms with Crippen LogP contribution >= 0.6 is 0 Å². The summed E-state index contributed by atoms with van der Waals surface area (Å²) in [7, 11) is -6.47. The molecule has 30 heavy (non-hydrogen) atoms. The van der Waals surface area contributed by atoms with Crippen LogP contribution in [-0.4, -0.2) is 30.5 Å². The smallest absolute Gasteiger partial charge is 0.264 e. The van der Waals surface area contributed by atoms with Crippen molar-refractivity contribution in [3.05, 3.63) is 78.9 Å². The van der Waals surface area contributed by atoms with E-state index in [1.54, 1.807) is 55.5 Å². The van der Waals surface area contributed by atoms with Crippen molar-refractivity contribution >= 4 is 31.4 Å². The molecule has 0 atom stereocenters. The van der Waals surface area contributed by atoms with Crippen molar-refractivity contribution in [2.45, 2.75) is 16.7 Å². The molecule has 0 unspecified atom stereocenters. The van der Waals surface area contributed by atoms with Crippen molar-refractivity contribution < 1.29 is 21.6 Å². The van der Waals surface area contributed by atoms with Crippen molar-refractivity contribution in [1.29, 1.82) is 0 Å². The summed E-state index contributed by atoms with van der Waals surface area (Å²) in [5.41, 5.74) is 0.550. The molecule has 1 N–H and O–H groups in total. The van der Waals surface area contributed by atoms with Gasteiger partial charge in [-0.1, -0.05) is 36.4 Å². The van der Waals surface area contributed by atoms with Crippen molar-refractivity contribution in [3.63, 3.8) is 0 Å². The Balaban J connectivity index is 2.04. The first-order valence-electron chi connectivity index (χ1n) is 9.13. The summed E-state index contributed by atoms with van der Waals surface area (Å²) in [5, 5.41) is 0. The molecule has 0 heterocycles. The van der Waals surface area contributed by atoms with Gasteiger partial charge in [0.15, 0.2) is 0 Å². The van der Waals surface area contributed by atoms with Gasteiger partial charge in [0, 0.05) is 6.54 Å². The van der Waals surface area contributed by atoms with Gasteiger partial charge in [0.25, 0.3) is 20.0 Å². The van der Waals surface area contributed by atoms with Crippen LogP contribution in [0.1, 0.15) is 6.92 Å². The zero-order valence-corrected chi connectivity index (χ0v) is 18.2. The van der Waals surface area contributed by atoms with Gasteiger partial charge in [0.2, 0.25) is 0 Å². The molecule has 0 aliphatic heterocycles. The number of sulfonamides is 2. The average molecular weight is 447 g/mol. The number of nitrogens with one attached hydrogen (secondary N) is 1. The van der Waals surface area contributed by atoms with Crippen LogP contribution in [0.4, 0.5) is 11.4 Å². The molecule has 0 radical (unpaired) electrons. The van der Waals surface area contributed by atoms with E-state index in [4.69, 9.17) is 4.74 Å². The van der Waals surface area contributed by atoms with Crippen LogP contribution in [-0.2, 0) is 20.0 Å². The Morgan fingerprint density at radius 1 is 0.833 bits per heavy atom. The minimum atomic E-state index is -3.93. The van der Waals surface area contributed by atoms with Crippen LogP contribution in [0.25, 0.3) is 0 Å². The number of nitrogens with zero attached hydrogens (tertiary/aromatic N) is 1. The molecule has 0 aromatic heterocycles. The van der Waals surface area contributed by atoms with Gasteiger partial charge >= 0.3 is 0 Å². The van der Waals surface area contributed by atoms with Crippen LogP contribution in [0.15, 0.2) is 88.7 Å².